The van der Waals surface area contributed by atoms with Gasteiger partial charge >= 0.3 is 12.2 Å². The van der Waals surface area contributed by atoms with Crippen molar-refractivity contribution in [3.05, 3.63) is 77.3 Å². The van der Waals surface area contributed by atoms with Crippen molar-refractivity contribution >= 4 is 49.0 Å². The number of rotatable bonds is 6. The van der Waals surface area contributed by atoms with Crippen molar-refractivity contribution in [2.24, 2.45) is 0 Å². The molecule has 0 bridgehead atoms. The lowest BCUT2D eigenvalue weighted by molar-refractivity contribution is -0.138. The standard InChI is InChI=1S/C36H30F5N9O2S/c1-16-8-35(9-17(2)13-49(35)12-16)14-52-34-47-28-25-29(51-7-6-50(33(25)48-34)18(3)21-11-45-15-46-31(21)43)26(36(39,40)41)24(27(28)38)19-4-5-22(37)30-23(19)20(10-42)32(44)53-30/h4-5,11,15,18H,1-2,6-9,12-14,44H2,3H3,(H2,43,45,46). The third-order valence-electron chi connectivity index (χ3n) is 10.2. The molecule has 2 saturated heterocycles. The Labute approximate surface area is 303 Å². The van der Waals surface area contributed by atoms with Gasteiger partial charge in [0, 0.05) is 35.8 Å². The number of nitriles is 1. The third kappa shape index (κ3) is 5.38. The highest BCUT2D eigenvalue weighted by Crippen LogP contribution is 2.54. The second kappa shape index (κ2) is 12.2. The SMILES string of the molecule is C=C1CN2CC(=C)CC2(COc2nc3c4c(c(C(F)(F)F)c(-c5ccc(F)c6sc(N)c(C#N)c56)c(F)c4n2)OCCN3C(C)c2cncnc2N)C1. The van der Waals surface area contributed by atoms with Gasteiger partial charge in [0.15, 0.2) is 5.82 Å². The van der Waals surface area contributed by atoms with E-state index in [1.54, 1.807) is 11.8 Å². The first kappa shape index (κ1) is 34.5. The van der Waals surface area contributed by atoms with Crippen LogP contribution in [0, 0.1) is 23.0 Å². The van der Waals surface area contributed by atoms with Crippen molar-refractivity contribution < 1.29 is 31.4 Å². The van der Waals surface area contributed by atoms with Crippen molar-refractivity contribution in [1.29, 1.82) is 5.26 Å². The van der Waals surface area contributed by atoms with Gasteiger partial charge in [0.1, 0.15) is 64.9 Å². The fourth-order valence-electron chi connectivity index (χ4n) is 7.93. The molecule has 17 heteroatoms. The number of thiophene rings is 1. The molecule has 6 heterocycles. The zero-order chi connectivity index (χ0) is 37.6. The predicted molar refractivity (Wildman–Crippen MR) is 189 cm³/mol. The molecular weight excluding hydrogens is 718 g/mol. The molecule has 0 aliphatic carbocycles. The van der Waals surface area contributed by atoms with Gasteiger partial charge < -0.3 is 25.8 Å². The summed E-state index contributed by atoms with van der Waals surface area (Å²) in [5.41, 5.74) is 10.4. The molecule has 1 unspecified atom stereocenters. The smallest absolute Gasteiger partial charge is 0.420 e. The number of nitrogen functional groups attached to an aromatic ring is 2. The van der Waals surface area contributed by atoms with E-state index in [1.165, 1.54) is 12.5 Å². The van der Waals surface area contributed by atoms with Crippen molar-refractivity contribution in [3.63, 3.8) is 0 Å². The molecule has 2 fully saturated rings. The lowest BCUT2D eigenvalue weighted by Gasteiger charge is -2.31. The molecule has 2 aromatic carbocycles. The summed E-state index contributed by atoms with van der Waals surface area (Å²) in [5, 5.41) is 9.18. The predicted octanol–water partition coefficient (Wildman–Crippen LogP) is 6.93. The second-order valence-corrected chi connectivity index (χ2v) is 14.6. The minimum atomic E-state index is -5.22. The fraction of sp³-hybridized carbons (Fsp3) is 0.306. The average Bonchev–Trinajstić information content (AvgIpc) is 3.65. The molecule has 8 rings (SSSR count). The number of hydrogen-bond acceptors (Lipinski definition) is 12. The summed E-state index contributed by atoms with van der Waals surface area (Å²) in [4.78, 5) is 21.0. The number of alkyl halides is 3. The van der Waals surface area contributed by atoms with E-state index < -0.39 is 57.3 Å². The summed E-state index contributed by atoms with van der Waals surface area (Å²) in [6.07, 6.45) is -1.26. The Morgan fingerprint density at radius 3 is 2.55 bits per heavy atom. The monoisotopic (exact) mass is 747 g/mol. The number of ether oxygens (including phenoxy) is 2. The summed E-state index contributed by atoms with van der Waals surface area (Å²) in [7, 11) is 0. The molecular formula is C36H30F5N9O2S. The number of aromatic nitrogens is 4. The Morgan fingerprint density at radius 2 is 1.87 bits per heavy atom. The van der Waals surface area contributed by atoms with Crippen LogP contribution in [0.5, 0.6) is 11.8 Å². The van der Waals surface area contributed by atoms with Gasteiger partial charge in [0.05, 0.1) is 33.8 Å². The van der Waals surface area contributed by atoms with E-state index >= 15 is 22.0 Å². The third-order valence-corrected chi connectivity index (χ3v) is 11.2. The maximum Gasteiger partial charge on any atom is 0.420 e. The van der Waals surface area contributed by atoms with Gasteiger partial charge in [-0.05, 0) is 31.4 Å². The molecule has 3 aliphatic heterocycles. The van der Waals surface area contributed by atoms with E-state index in [4.69, 9.17) is 20.9 Å². The van der Waals surface area contributed by atoms with Crippen LogP contribution in [0.1, 0.15) is 42.5 Å². The minimum Gasteiger partial charge on any atom is -0.490 e. The quantitative estimate of drug-likeness (QED) is 0.137. The number of benzene rings is 2. The van der Waals surface area contributed by atoms with Gasteiger partial charge in [0.25, 0.3) is 0 Å². The van der Waals surface area contributed by atoms with Crippen molar-refractivity contribution in [2.45, 2.75) is 37.5 Å². The largest absolute Gasteiger partial charge is 0.490 e. The summed E-state index contributed by atoms with van der Waals surface area (Å²) >= 11 is 0.676. The van der Waals surface area contributed by atoms with Crippen LogP contribution in [-0.4, -0.2) is 63.2 Å². The first-order valence-corrected chi connectivity index (χ1v) is 17.3. The lowest BCUT2D eigenvalue weighted by atomic mass is 9.91. The number of anilines is 3. The van der Waals surface area contributed by atoms with E-state index in [0.717, 1.165) is 23.3 Å². The van der Waals surface area contributed by atoms with Gasteiger partial charge in [-0.3, -0.25) is 4.90 Å². The zero-order valence-corrected chi connectivity index (χ0v) is 29.0. The number of nitrogens with two attached hydrogens (primary N) is 2. The summed E-state index contributed by atoms with van der Waals surface area (Å²) in [6.45, 7) is 11.0. The number of nitrogens with zero attached hydrogens (tertiary/aromatic N) is 7. The summed E-state index contributed by atoms with van der Waals surface area (Å²) in [6, 6.07) is 2.75. The van der Waals surface area contributed by atoms with Gasteiger partial charge in [-0.15, -0.1) is 11.3 Å². The topological polar surface area (TPSA) is 152 Å². The molecule has 11 nitrogen and oxygen atoms in total. The number of halogens is 5. The Morgan fingerprint density at radius 1 is 1.13 bits per heavy atom. The second-order valence-electron chi connectivity index (χ2n) is 13.5. The molecule has 4 N–H and O–H groups in total. The zero-order valence-electron chi connectivity index (χ0n) is 28.2. The van der Waals surface area contributed by atoms with Crippen molar-refractivity contribution in [2.75, 3.05) is 49.2 Å². The van der Waals surface area contributed by atoms with Gasteiger partial charge in [-0.1, -0.05) is 30.4 Å². The van der Waals surface area contributed by atoms with E-state index in [0.29, 0.717) is 42.8 Å². The summed E-state index contributed by atoms with van der Waals surface area (Å²) < 4.78 is 90.8. The van der Waals surface area contributed by atoms with Crippen LogP contribution in [0.3, 0.4) is 0 Å². The van der Waals surface area contributed by atoms with Crippen molar-refractivity contribution in [3.8, 4) is 29.0 Å². The highest BCUT2D eigenvalue weighted by Gasteiger charge is 2.49. The molecule has 53 heavy (non-hydrogen) atoms. The van der Waals surface area contributed by atoms with E-state index in [-0.39, 0.29) is 63.4 Å². The molecule has 0 radical (unpaired) electrons. The average molecular weight is 748 g/mol. The van der Waals surface area contributed by atoms with Crippen LogP contribution in [0.25, 0.3) is 32.1 Å². The van der Waals surface area contributed by atoms with Crippen molar-refractivity contribution in [1.82, 2.24) is 24.8 Å². The van der Waals surface area contributed by atoms with Crippen LogP contribution in [0.4, 0.5) is 38.6 Å². The highest BCUT2D eigenvalue weighted by molar-refractivity contribution is 7.23. The lowest BCUT2D eigenvalue weighted by Crippen LogP contribution is -2.43. The minimum absolute atomic E-state index is 0.0260. The first-order chi connectivity index (χ1) is 25.2. The highest BCUT2D eigenvalue weighted by atomic mass is 32.1. The molecule has 0 amide bonds. The van der Waals surface area contributed by atoms with Gasteiger partial charge in [-0.2, -0.15) is 28.4 Å². The Hall–Kier alpha value is -5.60. The van der Waals surface area contributed by atoms with E-state index in [9.17, 15) is 5.26 Å². The Kier molecular flexibility index (Phi) is 7.96. The van der Waals surface area contributed by atoms with Crippen LogP contribution >= 0.6 is 11.3 Å². The Balaban J connectivity index is 1.41. The molecule has 5 aromatic rings. The van der Waals surface area contributed by atoms with Gasteiger partial charge in [0.2, 0.25) is 0 Å². The number of fused-ring (bicyclic) bond motifs is 2. The first-order valence-electron chi connectivity index (χ1n) is 16.4. The normalized spacial score (nSPS) is 17.6. The summed E-state index contributed by atoms with van der Waals surface area (Å²) in [5.74, 6) is -2.96. The van der Waals surface area contributed by atoms with Crippen LogP contribution in [-0.2, 0) is 6.18 Å². The molecule has 1 atom stereocenters. The van der Waals surface area contributed by atoms with Crippen LogP contribution < -0.4 is 25.8 Å². The van der Waals surface area contributed by atoms with Crippen LogP contribution in [0.2, 0.25) is 0 Å². The maximum absolute atomic E-state index is 17.4. The Bertz CT molecular complexity index is 2420. The van der Waals surface area contributed by atoms with Crippen LogP contribution in [0.15, 0.2) is 49.0 Å². The molecule has 0 spiro atoms. The van der Waals surface area contributed by atoms with E-state index in [2.05, 4.69) is 38.0 Å². The van der Waals surface area contributed by atoms with Gasteiger partial charge in [-0.25, -0.2) is 18.7 Å². The fourth-order valence-corrected chi connectivity index (χ4v) is 8.88. The maximum atomic E-state index is 17.4. The molecule has 3 aliphatic rings. The molecule has 3 aromatic heterocycles. The molecule has 272 valence electrons. The molecule has 0 saturated carbocycles. The van der Waals surface area contributed by atoms with E-state index in [1.807, 2.05) is 6.07 Å². The number of hydrogen-bond donors (Lipinski definition) is 2.